The average Bonchev–Trinajstić information content (AvgIpc) is 2.30. The molecule has 0 N–H and O–H groups in total. The zero-order valence-corrected chi connectivity index (χ0v) is 10.5. The fourth-order valence-electron chi connectivity index (χ4n) is 1.39. The molecule has 0 amide bonds. The second-order valence-corrected chi connectivity index (χ2v) is 4.38. The summed E-state index contributed by atoms with van der Waals surface area (Å²) in [7, 11) is 0. The summed E-state index contributed by atoms with van der Waals surface area (Å²) in [6.07, 6.45) is 0. The first-order valence-electron chi connectivity index (χ1n) is 4.92. The van der Waals surface area contributed by atoms with Gasteiger partial charge >= 0.3 is 0 Å². The molecular weight excluding hydrogens is 304 g/mol. The maximum Gasteiger partial charge on any atom is 0.145 e. The predicted octanol–water partition coefficient (Wildman–Crippen LogP) is 4.39. The second-order valence-electron chi connectivity index (χ2n) is 3.46. The highest BCUT2D eigenvalue weighted by molar-refractivity contribution is 9.10. The van der Waals surface area contributed by atoms with E-state index in [1.807, 2.05) is 6.07 Å². The highest BCUT2D eigenvalue weighted by Gasteiger charge is 2.07. The van der Waals surface area contributed by atoms with Crippen LogP contribution in [0.2, 0.25) is 0 Å². The normalized spacial score (nSPS) is 9.89. The van der Waals surface area contributed by atoms with Gasteiger partial charge in [0.05, 0.1) is 5.56 Å². The predicted molar refractivity (Wildman–Crippen MR) is 65.3 cm³/mol. The van der Waals surface area contributed by atoms with Crippen LogP contribution in [0.5, 0.6) is 11.5 Å². The van der Waals surface area contributed by atoms with Crippen molar-refractivity contribution in [2.45, 2.75) is 0 Å². The molecule has 0 heterocycles. The lowest BCUT2D eigenvalue weighted by Crippen LogP contribution is -1.90. The van der Waals surface area contributed by atoms with Crippen LogP contribution in [0.3, 0.4) is 0 Å². The average molecular weight is 310 g/mol. The van der Waals surface area contributed by atoms with Gasteiger partial charge in [-0.2, -0.15) is 5.26 Å². The lowest BCUT2D eigenvalue weighted by Gasteiger charge is -2.07. The Kier molecular flexibility index (Phi) is 3.58. The van der Waals surface area contributed by atoms with Crippen LogP contribution >= 0.6 is 15.9 Å². The summed E-state index contributed by atoms with van der Waals surface area (Å²) in [4.78, 5) is 0. The van der Waals surface area contributed by atoms with Crippen molar-refractivity contribution in [1.29, 1.82) is 5.26 Å². The van der Waals surface area contributed by atoms with E-state index in [4.69, 9.17) is 10.00 Å². The highest BCUT2D eigenvalue weighted by atomic mass is 79.9. The van der Waals surface area contributed by atoms with E-state index in [-0.39, 0.29) is 17.1 Å². The van der Waals surface area contributed by atoms with Crippen LogP contribution in [-0.2, 0) is 0 Å². The van der Waals surface area contributed by atoms with Crippen LogP contribution in [0.25, 0.3) is 0 Å². The molecule has 0 bridgehead atoms. The summed E-state index contributed by atoms with van der Waals surface area (Å²) in [6, 6.07) is 9.38. The summed E-state index contributed by atoms with van der Waals surface area (Å²) in [5.74, 6) is -0.597. The summed E-state index contributed by atoms with van der Waals surface area (Å²) < 4.78 is 31.9. The summed E-state index contributed by atoms with van der Waals surface area (Å²) in [5, 5.41) is 8.85. The molecule has 90 valence electrons. The Balaban J connectivity index is 2.37. The smallest absolute Gasteiger partial charge is 0.145 e. The monoisotopic (exact) mass is 309 g/mol. The van der Waals surface area contributed by atoms with E-state index in [1.165, 1.54) is 24.3 Å². The number of nitrogens with zero attached hydrogens (tertiary/aromatic N) is 1. The first kappa shape index (κ1) is 12.5. The number of hydrogen-bond acceptors (Lipinski definition) is 2. The van der Waals surface area contributed by atoms with Gasteiger partial charge in [0.15, 0.2) is 0 Å². The molecule has 0 saturated heterocycles. The SMILES string of the molecule is N#Cc1cc(F)ccc1Oc1cc(F)cc(Br)c1. The van der Waals surface area contributed by atoms with E-state index >= 15 is 0 Å². The molecular formula is C13H6BrF2NO. The van der Waals surface area contributed by atoms with E-state index in [1.54, 1.807) is 6.07 Å². The molecule has 18 heavy (non-hydrogen) atoms. The third-order valence-electron chi connectivity index (χ3n) is 2.13. The number of ether oxygens (including phenoxy) is 1. The maximum absolute atomic E-state index is 13.1. The van der Waals surface area contributed by atoms with Crippen LogP contribution in [0.4, 0.5) is 8.78 Å². The van der Waals surface area contributed by atoms with Crippen molar-refractivity contribution < 1.29 is 13.5 Å². The minimum absolute atomic E-state index is 0.0513. The number of halogens is 3. The van der Waals surface area contributed by atoms with Crippen LogP contribution in [0.15, 0.2) is 40.9 Å². The van der Waals surface area contributed by atoms with Crippen molar-refractivity contribution in [3.05, 3.63) is 58.1 Å². The van der Waals surface area contributed by atoms with E-state index in [0.717, 1.165) is 6.07 Å². The Hall–Kier alpha value is -1.93. The van der Waals surface area contributed by atoms with Crippen LogP contribution in [-0.4, -0.2) is 0 Å². The largest absolute Gasteiger partial charge is 0.456 e. The van der Waals surface area contributed by atoms with Crippen molar-refractivity contribution in [1.82, 2.24) is 0 Å². The minimum atomic E-state index is -0.528. The third-order valence-corrected chi connectivity index (χ3v) is 2.58. The van der Waals surface area contributed by atoms with E-state index < -0.39 is 11.6 Å². The van der Waals surface area contributed by atoms with Gasteiger partial charge in [-0.3, -0.25) is 0 Å². The number of benzene rings is 2. The Labute approximate surface area is 111 Å². The molecule has 2 aromatic carbocycles. The Morgan fingerprint density at radius 2 is 1.83 bits per heavy atom. The zero-order valence-electron chi connectivity index (χ0n) is 8.95. The van der Waals surface area contributed by atoms with Gasteiger partial charge in [0.1, 0.15) is 29.2 Å². The topological polar surface area (TPSA) is 33.0 Å². The van der Waals surface area contributed by atoms with Gasteiger partial charge in [-0.15, -0.1) is 0 Å². The molecule has 5 heteroatoms. The fraction of sp³-hybridized carbons (Fsp3) is 0. The summed E-state index contributed by atoms with van der Waals surface area (Å²) in [6.45, 7) is 0. The molecule has 0 fully saturated rings. The second kappa shape index (κ2) is 5.15. The van der Waals surface area contributed by atoms with Crippen LogP contribution in [0.1, 0.15) is 5.56 Å². The Morgan fingerprint density at radius 1 is 1.06 bits per heavy atom. The maximum atomic E-state index is 13.1. The summed E-state index contributed by atoms with van der Waals surface area (Å²) >= 11 is 3.13. The van der Waals surface area contributed by atoms with Crippen molar-refractivity contribution in [3.8, 4) is 17.6 Å². The molecule has 0 aromatic heterocycles. The highest BCUT2D eigenvalue weighted by Crippen LogP contribution is 2.28. The van der Waals surface area contributed by atoms with Gasteiger partial charge in [-0.1, -0.05) is 15.9 Å². The third kappa shape index (κ3) is 2.84. The molecule has 2 nitrogen and oxygen atoms in total. The summed E-state index contributed by atoms with van der Waals surface area (Å²) in [5.41, 5.74) is 0.0513. The van der Waals surface area contributed by atoms with Gasteiger partial charge in [-0.25, -0.2) is 8.78 Å². The van der Waals surface area contributed by atoms with Gasteiger partial charge in [0.25, 0.3) is 0 Å². The fourth-order valence-corrected chi connectivity index (χ4v) is 1.84. The Morgan fingerprint density at radius 3 is 2.50 bits per heavy atom. The van der Waals surface area contributed by atoms with Gasteiger partial charge in [0.2, 0.25) is 0 Å². The Bertz CT molecular complexity index is 617. The number of nitriles is 1. The molecule has 0 saturated carbocycles. The quantitative estimate of drug-likeness (QED) is 0.824. The lowest BCUT2D eigenvalue weighted by molar-refractivity contribution is 0.473. The first-order chi connectivity index (χ1) is 8.58. The first-order valence-corrected chi connectivity index (χ1v) is 5.71. The van der Waals surface area contributed by atoms with Crippen LogP contribution < -0.4 is 4.74 Å². The van der Waals surface area contributed by atoms with E-state index in [0.29, 0.717) is 4.47 Å². The molecule has 2 aromatic rings. The van der Waals surface area contributed by atoms with Crippen LogP contribution in [0, 0.1) is 23.0 Å². The van der Waals surface area contributed by atoms with Gasteiger partial charge in [0, 0.05) is 10.5 Å². The molecule has 0 atom stereocenters. The van der Waals surface area contributed by atoms with Gasteiger partial charge in [-0.05, 0) is 30.3 Å². The number of rotatable bonds is 2. The van der Waals surface area contributed by atoms with E-state index in [2.05, 4.69) is 15.9 Å². The number of hydrogen-bond donors (Lipinski definition) is 0. The molecule has 0 aliphatic heterocycles. The molecule has 0 unspecified atom stereocenters. The zero-order chi connectivity index (χ0) is 13.1. The lowest BCUT2D eigenvalue weighted by atomic mass is 10.2. The molecule has 0 spiro atoms. The molecule has 2 rings (SSSR count). The molecule has 0 aliphatic carbocycles. The molecule has 0 aliphatic rings. The van der Waals surface area contributed by atoms with Crippen molar-refractivity contribution in [2.75, 3.05) is 0 Å². The van der Waals surface area contributed by atoms with Gasteiger partial charge < -0.3 is 4.74 Å². The van der Waals surface area contributed by atoms with Crippen molar-refractivity contribution in [2.24, 2.45) is 0 Å². The standard InChI is InChI=1S/C13H6BrF2NO/c14-9-4-11(16)6-12(5-9)18-13-2-1-10(15)3-8(13)7-17/h1-6H. The minimum Gasteiger partial charge on any atom is -0.456 e. The molecule has 0 radical (unpaired) electrons. The van der Waals surface area contributed by atoms with Crippen molar-refractivity contribution >= 4 is 15.9 Å². The van der Waals surface area contributed by atoms with Crippen molar-refractivity contribution in [3.63, 3.8) is 0 Å². The van der Waals surface area contributed by atoms with E-state index in [9.17, 15) is 8.78 Å².